The smallest absolute Gasteiger partial charge is 0.338 e. The van der Waals surface area contributed by atoms with E-state index in [1.165, 1.54) is 23.1 Å². The van der Waals surface area contributed by atoms with E-state index in [1.54, 1.807) is 6.92 Å². The maximum absolute atomic E-state index is 13.0. The fourth-order valence-corrected chi connectivity index (χ4v) is 4.02. The van der Waals surface area contributed by atoms with Gasteiger partial charge in [0.15, 0.2) is 6.61 Å². The first kappa shape index (κ1) is 22.9. The number of para-hydroxylation sites is 1. The molecule has 0 bridgehead atoms. The molecule has 0 saturated heterocycles. The Morgan fingerprint density at radius 3 is 2.21 bits per heavy atom. The molecule has 1 aliphatic heterocycles. The summed E-state index contributed by atoms with van der Waals surface area (Å²) in [6.07, 6.45) is 0. The summed E-state index contributed by atoms with van der Waals surface area (Å²) in [4.78, 5) is 51.9. The van der Waals surface area contributed by atoms with Gasteiger partial charge in [0.05, 0.1) is 22.7 Å². The number of hydrogen-bond acceptors (Lipinski definition) is 5. The van der Waals surface area contributed by atoms with Crippen molar-refractivity contribution in [1.82, 2.24) is 4.90 Å². The summed E-state index contributed by atoms with van der Waals surface area (Å²) < 4.78 is 5.15. The van der Waals surface area contributed by atoms with Crippen LogP contribution in [-0.4, -0.2) is 35.2 Å². The van der Waals surface area contributed by atoms with Gasteiger partial charge in [0.1, 0.15) is 0 Å². The molecule has 0 saturated carbocycles. The van der Waals surface area contributed by atoms with E-state index < -0.39 is 36.3 Å². The van der Waals surface area contributed by atoms with Gasteiger partial charge < -0.3 is 10.1 Å². The number of nitrogens with one attached hydrogen (secondary N) is 1. The minimum atomic E-state index is -0.755. The molecule has 1 heterocycles. The van der Waals surface area contributed by atoms with Crippen molar-refractivity contribution in [3.8, 4) is 0 Å². The summed E-state index contributed by atoms with van der Waals surface area (Å²) in [7, 11) is 0. The number of imide groups is 1. The molecule has 0 radical (unpaired) electrons. The zero-order chi connectivity index (χ0) is 24.4. The number of benzene rings is 3. The Labute approximate surface area is 197 Å². The molecule has 4 rings (SSSR count). The Balaban J connectivity index is 1.45. The Hall–Kier alpha value is -4.26. The third kappa shape index (κ3) is 4.32. The van der Waals surface area contributed by atoms with Crippen molar-refractivity contribution in [2.24, 2.45) is 0 Å². The van der Waals surface area contributed by atoms with Crippen LogP contribution in [0.3, 0.4) is 0 Å². The van der Waals surface area contributed by atoms with Crippen molar-refractivity contribution in [1.29, 1.82) is 0 Å². The fraction of sp³-hybridized carbons (Fsp3) is 0.185. The number of anilines is 1. The number of aryl methyl sites for hydroxylation is 2. The maximum atomic E-state index is 13.0. The Morgan fingerprint density at radius 1 is 0.882 bits per heavy atom. The lowest BCUT2D eigenvalue weighted by atomic mass is 10.1. The van der Waals surface area contributed by atoms with Crippen molar-refractivity contribution >= 4 is 29.4 Å². The van der Waals surface area contributed by atoms with Gasteiger partial charge >= 0.3 is 5.97 Å². The van der Waals surface area contributed by atoms with Gasteiger partial charge in [0.25, 0.3) is 17.7 Å². The van der Waals surface area contributed by atoms with Gasteiger partial charge in [-0.15, -0.1) is 0 Å². The molecular formula is C27H24N2O5. The van der Waals surface area contributed by atoms with Crippen molar-refractivity contribution in [3.05, 3.63) is 100 Å². The molecule has 0 aliphatic carbocycles. The molecule has 3 amide bonds. The van der Waals surface area contributed by atoms with Crippen LogP contribution in [0.15, 0.2) is 66.7 Å². The number of carbonyl (C=O) groups is 4. The lowest BCUT2D eigenvalue weighted by molar-refractivity contribution is -0.119. The van der Waals surface area contributed by atoms with E-state index in [1.807, 2.05) is 62.4 Å². The topological polar surface area (TPSA) is 92.8 Å². The number of amides is 3. The number of esters is 1. The quantitative estimate of drug-likeness (QED) is 0.437. The van der Waals surface area contributed by atoms with Crippen LogP contribution in [0.5, 0.6) is 0 Å². The van der Waals surface area contributed by atoms with E-state index in [9.17, 15) is 19.2 Å². The van der Waals surface area contributed by atoms with Crippen LogP contribution in [0, 0.1) is 13.8 Å². The molecule has 0 aromatic heterocycles. The Morgan fingerprint density at radius 2 is 1.53 bits per heavy atom. The summed E-state index contributed by atoms with van der Waals surface area (Å²) in [5.41, 5.74) is 3.77. The van der Waals surface area contributed by atoms with Crippen LogP contribution in [0.2, 0.25) is 0 Å². The average Bonchev–Trinajstić information content (AvgIpc) is 3.09. The van der Waals surface area contributed by atoms with E-state index in [0.717, 1.165) is 16.7 Å². The lowest BCUT2D eigenvalue weighted by Crippen LogP contribution is -2.32. The van der Waals surface area contributed by atoms with E-state index in [0.29, 0.717) is 5.69 Å². The molecule has 1 aliphatic rings. The lowest BCUT2D eigenvalue weighted by Gasteiger charge is -2.22. The number of ether oxygens (including phenoxy) is 1. The minimum Gasteiger partial charge on any atom is -0.452 e. The van der Waals surface area contributed by atoms with Crippen LogP contribution in [0.25, 0.3) is 0 Å². The highest BCUT2D eigenvalue weighted by Gasteiger charge is 2.39. The van der Waals surface area contributed by atoms with E-state index in [2.05, 4.69) is 5.32 Å². The first-order valence-electron chi connectivity index (χ1n) is 10.9. The van der Waals surface area contributed by atoms with E-state index >= 15 is 0 Å². The minimum absolute atomic E-state index is 0.0917. The summed E-state index contributed by atoms with van der Waals surface area (Å²) in [6, 6.07) is 18.6. The SMILES string of the molecule is Cc1cccc(C)c1NC(=O)COC(=O)c1ccc2c(c1)C(=O)N([C@@H](C)c1ccccc1)C2=O. The monoisotopic (exact) mass is 456 g/mol. The molecule has 1 N–H and O–H groups in total. The van der Waals surface area contributed by atoms with Crippen molar-refractivity contribution in [2.45, 2.75) is 26.8 Å². The number of nitrogens with zero attached hydrogens (tertiary/aromatic N) is 1. The second kappa shape index (κ2) is 9.31. The fourth-order valence-electron chi connectivity index (χ4n) is 4.02. The van der Waals surface area contributed by atoms with Gasteiger partial charge in [0, 0.05) is 5.69 Å². The Kier molecular flexibility index (Phi) is 6.27. The van der Waals surface area contributed by atoms with Gasteiger partial charge in [-0.05, 0) is 55.7 Å². The predicted molar refractivity (Wildman–Crippen MR) is 127 cm³/mol. The zero-order valence-electron chi connectivity index (χ0n) is 19.1. The maximum Gasteiger partial charge on any atom is 0.338 e. The first-order chi connectivity index (χ1) is 16.3. The number of fused-ring (bicyclic) bond motifs is 1. The summed E-state index contributed by atoms with van der Waals surface area (Å²) in [6.45, 7) is 5.05. The van der Waals surface area contributed by atoms with E-state index in [4.69, 9.17) is 4.74 Å². The number of hydrogen-bond donors (Lipinski definition) is 1. The van der Waals surface area contributed by atoms with Crippen LogP contribution in [0.1, 0.15) is 60.7 Å². The summed E-state index contributed by atoms with van der Waals surface area (Å²) in [5.74, 6) is -2.11. The van der Waals surface area contributed by atoms with Gasteiger partial charge in [-0.1, -0.05) is 48.5 Å². The second-order valence-corrected chi connectivity index (χ2v) is 8.22. The molecule has 1 atom stereocenters. The summed E-state index contributed by atoms with van der Waals surface area (Å²) >= 11 is 0. The van der Waals surface area contributed by atoms with Gasteiger partial charge in [-0.2, -0.15) is 0 Å². The van der Waals surface area contributed by atoms with Crippen LogP contribution < -0.4 is 5.32 Å². The third-order valence-corrected chi connectivity index (χ3v) is 5.90. The molecule has 0 unspecified atom stereocenters. The molecule has 3 aromatic carbocycles. The predicted octanol–water partition coefficient (Wildman–Crippen LogP) is 4.46. The van der Waals surface area contributed by atoms with Crippen molar-refractivity contribution in [3.63, 3.8) is 0 Å². The highest BCUT2D eigenvalue weighted by Crippen LogP contribution is 2.31. The molecule has 3 aromatic rings. The standard InChI is InChI=1S/C27H24N2O5/c1-16-8-7-9-17(2)24(16)28-23(30)15-34-27(33)20-12-13-21-22(14-20)26(32)29(25(21)31)18(3)19-10-5-4-6-11-19/h4-14,18H,15H2,1-3H3,(H,28,30)/t18-/m0/s1. The van der Waals surface area contributed by atoms with Gasteiger partial charge in [-0.25, -0.2) is 4.79 Å². The van der Waals surface area contributed by atoms with Crippen LogP contribution in [0.4, 0.5) is 5.69 Å². The molecule has 7 heteroatoms. The molecule has 0 fully saturated rings. The van der Waals surface area contributed by atoms with Crippen molar-refractivity contribution < 1.29 is 23.9 Å². The Bertz CT molecular complexity index is 1280. The second-order valence-electron chi connectivity index (χ2n) is 8.22. The molecule has 7 nitrogen and oxygen atoms in total. The molecule has 0 spiro atoms. The summed E-state index contributed by atoms with van der Waals surface area (Å²) in [5, 5.41) is 2.75. The number of carbonyl (C=O) groups excluding carboxylic acids is 4. The molecule has 34 heavy (non-hydrogen) atoms. The van der Waals surface area contributed by atoms with Crippen molar-refractivity contribution in [2.75, 3.05) is 11.9 Å². The average molecular weight is 456 g/mol. The highest BCUT2D eigenvalue weighted by atomic mass is 16.5. The molecule has 172 valence electrons. The van der Waals surface area contributed by atoms with Crippen LogP contribution >= 0.6 is 0 Å². The first-order valence-corrected chi connectivity index (χ1v) is 10.9. The number of rotatable bonds is 6. The van der Waals surface area contributed by atoms with E-state index in [-0.39, 0.29) is 16.7 Å². The highest BCUT2D eigenvalue weighted by molar-refractivity contribution is 6.22. The molecular weight excluding hydrogens is 432 g/mol. The third-order valence-electron chi connectivity index (χ3n) is 5.90. The zero-order valence-corrected chi connectivity index (χ0v) is 19.1. The normalized spacial score (nSPS) is 13.4. The van der Waals surface area contributed by atoms with Crippen LogP contribution in [-0.2, 0) is 9.53 Å². The largest absolute Gasteiger partial charge is 0.452 e. The van der Waals surface area contributed by atoms with Gasteiger partial charge in [-0.3, -0.25) is 19.3 Å². The van der Waals surface area contributed by atoms with Gasteiger partial charge in [0.2, 0.25) is 0 Å².